The molecule has 2 atom stereocenters. The number of halogens is 3. The van der Waals surface area contributed by atoms with Crippen LogP contribution in [-0.4, -0.2) is 27.1 Å². The second-order valence-corrected chi connectivity index (χ2v) is 2.66. The maximum Gasteiger partial charge on any atom is 0.269 e. The molecule has 0 aromatic rings. The number of alkyl halides is 3. The van der Waals surface area contributed by atoms with E-state index in [1.165, 1.54) is 0 Å². The molecule has 0 fully saturated rings. The van der Waals surface area contributed by atoms with Gasteiger partial charge in [-0.05, 0) is 6.42 Å². The summed E-state index contributed by atoms with van der Waals surface area (Å²) in [6.07, 6.45) is -6.03. The number of rotatable bonds is 4. The van der Waals surface area contributed by atoms with Gasteiger partial charge in [-0.2, -0.15) is 0 Å². The van der Waals surface area contributed by atoms with E-state index < -0.39 is 35.9 Å². The third-order valence-corrected chi connectivity index (χ3v) is 1.40. The largest absolute Gasteiger partial charge is 0.772 e. The minimum absolute atomic E-state index is 0.550. The van der Waals surface area contributed by atoms with Gasteiger partial charge in [-0.15, -0.1) is 0 Å². The maximum absolute atomic E-state index is 11.9. The molecule has 0 aromatic heterocycles. The Hall–Kier alpha value is -0.100. The highest BCUT2D eigenvalue weighted by atomic mass is 32.2. The van der Waals surface area contributed by atoms with Crippen LogP contribution < -0.4 is 0 Å². The van der Waals surface area contributed by atoms with Crippen LogP contribution in [0.1, 0.15) is 6.42 Å². The number of hydrogen-bond donors (Lipinski definition) is 0. The van der Waals surface area contributed by atoms with Crippen LogP contribution in [-0.2, 0) is 11.1 Å². The summed E-state index contributed by atoms with van der Waals surface area (Å²) in [5, 5.41) is 0. The van der Waals surface area contributed by atoms with Crippen LogP contribution in [0.4, 0.5) is 13.2 Å². The van der Waals surface area contributed by atoms with E-state index in [9.17, 15) is 21.9 Å². The van der Waals surface area contributed by atoms with Crippen LogP contribution in [0.15, 0.2) is 0 Å². The Labute approximate surface area is 58.7 Å². The molecule has 0 aliphatic carbocycles. The van der Waals surface area contributed by atoms with Gasteiger partial charge in [0.1, 0.15) is 0 Å². The van der Waals surface area contributed by atoms with E-state index in [1.807, 2.05) is 0 Å². The van der Waals surface area contributed by atoms with Crippen molar-refractivity contribution >= 4 is 11.1 Å². The zero-order chi connectivity index (χ0) is 8.15. The molecule has 0 aromatic carbocycles. The van der Waals surface area contributed by atoms with Gasteiger partial charge in [-0.3, -0.25) is 4.21 Å². The van der Waals surface area contributed by atoms with Crippen molar-refractivity contribution in [2.75, 3.05) is 5.75 Å². The van der Waals surface area contributed by atoms with Crippen molar-refractivity contribution in [2.45, 2.75) is 19.0 Å². The molecule has 0 aliphatic rings. The van der Waals surface area contributed by atoms with Gasteiger partial charge in [0, 0.05) is 5.75 Å². The highest BCUT2D eigenvalue weighted by molar-refractivity contribution is 7.79. The second kappa shape index (κ2) is 4.68. The van der Waals surface area contributed by atoms with Crippen molar-refractivity contribution in [2.24, 2.45) is 0 Å². The van der Waals surface area contributed by atoms with E-state index >= 15 is 0 Å². The SMILES string of the molecule is O=S([O-])CCC(F)C(F)F. The van der Waals surface area contributed by atoms with Crippen molar-refractivity contribution < 1.29 is 21.9 Å². The first-order chi connectivity index (χ1) is 4.54. The zero-order valence-corrected chi connectivity index (χ0v) is 5.74. The molecule has 0 heterocycles. The first kappa shape index (κ1) is 9.90. The van der Waals surface area contributed by atoms with Crippen molar-refractivity contribution in [3.05, 3.63) is 0 Å². The molecule has 0 radical (unpaired) electrons. The summed E-state index contributed by atoms with van der Waals surface area (Å²) in [7, 11) is 0. The average molecular weight is 175 g/mol. The fourth-order valence-corrected chi connectivity index (χ4v) is 0.752. The Morgan fingerprint density at radius 1 is 1.40 bits per heavy atom. The van der Waals surface area contributed by atoms with Gasteiger partial charge in [-0.25, -0.2) is 13.2 Å². The molecule has 0 aliphatic heterocycles. The molecule has 2 nitrogen and oxygen atoms in total. The lowest BCUT2D eigenvalue weighted by molar-refractivity contribution is 0.0485. The van der Waals surface area contributed by atoms with Crippen molar-refractivity contribution in [3.63, 3.8) is 0 Å². The molecular weight excluding hydrogens is 169 g/mol. The van der Waals surface area contributed by atoms with E-state index in [2.05, 4.69) is 0 Å². The molecular formula is C4H6F3O2S-. The van der Waals surface area contributed by atoms with E-state index in [1.54, 1.807) is 0 Å². The summed E-state index contributed by atoms with van der Waals surface area (Å²) in [6.45, 7) is 0. The smallest absolute Gasteiger partial charge is 0.269 e. The Morgan fingerprint density at radius 3 is 2.20 bits per heavy atom. The van der Waals surface area contributed by atoms with Gasteiger partial charge in [0.15, 0.2) is 6.17 Å². The summed E-state index contributed by atoms with van der Waals surface area (Å²) in [6, 6.07) is 0. The molecule has 0 rings (SSSR count). The molecule has 10 heavy (non-hydrogen) atoms. The summed E-state index contributed by atoms with van der Waals surface area (Å²) in [5.74, 6) is -0.550. The van der Waals surface area contributed by atoms with Crippen LogP contribution in [0.2, 0.25) is 0 Å². The highest BCUT2D eigenvalue weighted by Crippen LogP contribution is 2.09. The Morgan fingerprint density at radius 2 is 1.90 bits per heavy atom. The summed E-state index contributed by atoms with van der Waals surface area (Å²) in [5.41, 5.74) is 0. The zero-order valence-electron chi connectivity index (χ0n) is 4.93. The average Bonchev–Trinajstić information content (AvgIpc) is 1.82. The fourth-order valence-electron chi connectivity index (χ4n) is 0.335. The lowest BCUT2D eigenvalue weighted by Crippen LogP contribution is -2.15. The fraction of sp³-hybridized carbons (Fsp3) is 1.00. The Bertz CT molecular complexity index is 119. The topological polar surface area (TPSA) is 40.1 Å². The molecule has 0 amide bonds. The quantitative estimate of drug-likeness (QED) is 0.594. The molecule has 0 saturated carbocycles. The summed E-state index contributed by atoms with van der Waals surface area (Å²) >= 11 is -2.43. The molecule has 62 valence electrons. The van der Waals surface area contributed by atoms with Gasteiger partial charge in [0.05, 0.1) is 0 Å². The Balaban J connectivity index is 3.39. The molecule has 0 spiro atoms. The predicted octanol–water partition coefficient (Wildman–Crippen LogP) is 0.859. The van der Waals surface area contributed by atoms with Crippen LogP contribution in [0.3, 0.4) is 0 Å². The second-order valence-electron chi connectivity index (χ2n) is 1.65. The lowest BCUT2D eigenvalue weighted by atomic mass is 10.3. The Kier molecular flexibility index (Phi) is 4.63. The lowest BCUT2D eigenvalue weighted by Gasteiger charge is -2.07. The molecule has 0 saturated heterocycles. The van der Waals surface area contributed by atoms with Gasteiger partial charge in [0.25, 0.3) is 6.43 Å². The number of hydrogen-bond acceptors (Lipinski definition) is 2. The minimum Gasteiger partial charge on any atom is -0.772 e. The standard InChI is InChI=1S/C4H7F3O2S/c5-3(4(6)7)1-2-10(8)9/h3-4H,1-2H2,(H,8,9)/p-1. The molecule has 0 bridgehead atoms. The van der Waals surface area contributed by atoms with E-state index in [0.717, 1.165) is 0 Å². The summed E-state index contributed by atoms with van der Waals surface area (Å²) in [4.78, 5) is 0. The van der Waals surface area contributed by atoms with Crippen molar-refractivity contribution in [1.29, 1.82) is 0 Å². The minimum atomic E-state index is -3.08. The van der Waals surface area contributed by atoms with Crippen LogP contribution in [0.5, 0.6) is 0 Å². The van der Waals surface area contributed by atoms with Gasteiger partial charge >= 0.3 is 0 Å². The first-order valence-corrected chi connectivity index (χ1v) is 3.76. The third-order valence-electron chi connectivity index (χ3n) is 0.834. The third kappa shape index (κ3) is 4.75. The maximum atomic E-state index is 11.9. The van der Waals surface area contributed by atoms with Crippen LogP contribution in [0.25, 0.3) is 0 Å². The van der Waals surface area contributed by atoms with Crippen LogP contribution in [0, 0.1) is 0 Å². The molecule has 6 heteroatoms. The highest BCUT2D eigenvalue weighted by Gasteiger charge is 2.17. The van der Waals surface area contributed by atoms with E-state index in [4.69, 9.17) is 0 Å². The first-order valence-electron chi connectivity index (χ1n) is 2.52. The van der Waals surface area contributed by atoms with E-state index in [0.29, 0.717) is 0 Å². The monoisotopic (exact) mass is 175 g/mol. The van der Waals surface area contributed by atoms with E-state index in [-0.39, 0.29) is 0 Å². The van der Waals surface area contributed by atoms with Gasteiger partial charge < -0.3 is 4.55 Å². The van der Waals surface area contributed by atoms with Gasteiger partial charge in [-0.1, -0.05) is 11.1 Å². The normalized spacial score (nSPS) is 17.3. The molecule has 2 unspecified atom stereocenters. The van der Waals surface area contributed by atoms with Crippen molar-refractivity contribution in [1.82, 2.24) is 0 Å². The van der Waals surface area contributed by atoms with Crippen LogP contribution >= 0.6 is 0 Å². The molecule has 0 N–H and O–H groups in total. The predicted molar refractivity (Wildman–Crippen MR) is 29.3 cm³/mol. The van der Waals surface area contributed by atoms with Crippen molar-refractivity contribution in [3.8, 4) is 0 Å². The van der Waals surface area contributed by atoms with Gasteiger partial charge in [0.2, 0.25) is 0 Å². The summed E-state index contributed by atoms with van der Waals surface area (Å²) < 4.78 is 53.9.